The fourth-order valence-corrected chi connectivity index (χ4v) is 3.56. The smallest absolute Gasteiger partial charge is 0.245 e. The molecule has 1 aromatic carbocycles. The normalized spacial score (nSPS) is 13.2. The van der Waals surface area contributed by atoms with Crippen LogP contribution in [-0.2, 0) is 6.42 Å². The Labute approximate surface area is 182 Å². The molecule has 4 heteroatoms. The molecule has 2 rings (SSSR count). The molecule has 0 saturated carbocycles. The lowest BCUT2D eigenvalue weighted by Crippen LogP contribution is -2.26. The molecule has 0 aliphatic rings. The van der Waals surface area contributed by atoms with Crippen molar-refractivity contribution in [2.45, 2.75) is 104 Å². The number of hydrogen-bond acceptors (Lipinski definition) is 3. The Hall–Kier alpha value is -1.97. The number of alkyl halides is 1. The zero-order valence-corrected chi connectivity index (χ0v) is 19.1. The van der Waals surface area contributed by atoms with Crippen molar-refractivity contribution in [1.29, 1.82) is 0 Å². The summed E-state index contributed by atoms with van der Waals surface area (Å²) in [5.41, 5.74) is 2.10. The van der Waals surface area contributed by atoms with E-state index in [1.54, 1.807) is 12.1 Å². The Kier molecular flexibility index (Phi) is 10.8. The lowest BCUT2D eigenvalue weighted by molar-refractivity contribution is -0.0527. The van der Waals surface area contributed by atoms with E-state index in [0.717, 1.165) is 24.8 Å². The molecule has 1 unspecified atom stereocenters. The highest BCUT2D eigenvalue weighted by atomic mass is 19.2. The molecule has 1 aromatic heterocycles. The van der Waals surface area contributed by atoms with Gasteiger partial charge in [0.2, 0.25) is 5.85 Å². The zero-order valence-electron chi connectivity index (χ0n) is 19.1. The number of unbranched alkanes of at least 4 members (excludes halogenated alkanes) is 8. The van der Waals surface area contributed by atoms with Gasteiger partial charge in [0, 0.05) is 31.3 Å². The topological polar surface area (TPSA) is 35.0 Å². The van der Waals surface area contributed by atoms with Crippen LogP contribution >= 0.6 is 0 Å². The monoisotopic (exact) mass is 414 g/mol. The largest absolute Gasteiger partial charge is 0.458 e. The maximum Gasteiger partial charge on any atom is 0.245 e. The zero-order chi connectivity index (χ0) is 21.7. The molecule has 30 heavy (non-hydrogen) atoms. The van der Waals surface area contributed by atoms with Gasteiger partial charge in [-0.3, -0.25) is 0 Å². The summed E-state index contributed by atoms with van der Waals surface area (Å²) in [6, 6.07) is 7.35. The van der Waals surface area contributed by atoms with E-state index in [0.29, 0.717) is 18.0 Å². The summed E-state index contributed by atoms with van der Waals surface area (Å²) in [6.45, 7) is 5.80. The van der Waals surface area contributed by atoms with Crippen LogP contribution in [0, 0.1) is 0 Å². The van der Waals surface area contributed by atoms with E-state index in [1.165, 1.54) is 63.9 Å². The van der Waals surface area contributed by atoms with Crippen molar-refractivity contribution >= 4 is 0 Å². The summed E-state index contributed by atoms with van der Waals surface area (Å²) < 4.78 is 19.9. The first-order valence-electron chi connectivity index (χ1n) is 11.8. The van der Waals surface area contributed by atoms with E-state index in [-0.39, 0.29) is 0 Å². The van der Waals surface area contributed by atoms with E-state index in [4.69, 9.17) is 4.74 Å². The minimum Gasteiger partial charge on any atom is -0.458 e. The molecule has 1 atom stereocenters. The number of nitrogens with zero attached hydrogens (tertiary/aromatic N) is 2. The van der Waals surface area contributed by atoms with Gasteiger partial charge in [0.15, 0.2) is 5.82 Å². The van der Waals surface area contributed by atoms with Gasteiger partial charge >= 0.3 is 0 Å². The molecule has 0 aliphatic carbocycles. The predicted molar refractivity (Wildman–Crippen MR) is 123 cm³/mol. The number of hydrogen-bond donors (Lipinski definition) is 0. The van der Waals surface area contributed by atoms with Crippen LogP contribution in [0.25, 0.3) is 11.4 Å². The number of ether oxygens (including phenoxy) is 1. The molecule has 0 N–H and O–H groups in total. The van der Waals surface area contributed by atoms with Gasteiger partial charge in [0.25, 0.3) is 0 Å². The molecule has 0 fully saturated rings. The molecule has 0 bridgehead atoms. The minimum absolute atomic E-state index is 0.398. The van der Waals surface area contributed by atoms with E-state index in [2.05, 4.69) is 16.9 Å². The molecule has 2 aromatic rings. The standard InChI is InChI=1S/C26H39FN2O/c1-4-6-8-9-10-11-12-13-14-22-20-28-25(29-21-22)23-15-17-24(18-16-23)30-26(3,27)19-7-5-2/h15-18,20-21H,4-14,19H2,1-3H3. The Morgan fingerprint density at radius 3 is 1.97 bits per heavy atom. The van der Waals surface area contributed by atoms with Crippen molar-refractivity contribution in [2.24, 2.45) is 0 Å². The van der Waals surface area contributed by atoms with E-state index in [9.17, 15) is 4.39 Å². The van der Waals surface area contributed by atoms with E-state index >= 15 is 0 Å². The summed E-state index contributed by atoms with van der Waals surface area (Å²) in [4.78, 5) is 9.03. The Bertz CT molecular complexity index is 698. The first-order valence-corrected chi connectivity index (χ1v) is 11.8. The molecular weight excluding hydrogens is 375 g/mol. The molecule has 1 heterocycles. The Balaban J connectivity index is 1.76. The van der Waals surface area contributed by atoms with E-state index in [1.807, 2.05) is 31.5 Å². The van der Waals surface area contributed by atoms with Crippen LogP contribution < -0.4 is 4.74 Å². The summed E-state index contributed by atoms with van der Waals surface area (Å²) in [5.74, 6) is -0.410. The summed E-state index contributed by atoms with van der Waals surface area (Å²) >= 11 is 0. The van der Waals surface area contributed by atoms with Crippen molar-refractivity contribution in [3.63, 3.8) is 0 Å². The highest BCUT2D eigenvalue weighted by Crippen LogP contribution is 2.26. The summed E-state index contributed by atoms with van der Waals surface area (Å²) in [7, 11) is 0. The molecule has 166 valence electrons. The Morgan fingerprint density at radius 1 is 0.800 bits per heavy atom. The number of benzene rings is 1. The molecule has 0 aliphatic heterocycles. The third-order valence-corrected chi connectivity index (χ3v) is 5.44. The Morgan fingerprint density at radius 2 is 1.37 bits per heavy atom. The third-order valence-electron chi connectivity index (χ3n) is 5.44. The molecule has 0 amide bonds. The second kappa shape index (κ2) is 13.4. The molecule has 0 saturated heterocycles. The van der Waals surface area contributed by atoms with Crippen molar-refractivity contribution < 1.29 is 9.13 Å². The third kappa shape index (κ3) is 9.23. The van der Waals surface area contributed by atoms with Crippen LogP contribution in [0.5, 0.6) is 5.75 Å². The van der Waals surface area contributed by atoms with Gasteiger partial charge in [-0.15, -0.1) is 0 Å². The van der Waals surface area contributed by atoms with Crippen molar-refractivity contribution in [3.8, 4) is 17.1 Å². The van der Waals surface area contributed by atoms with Crippen LogP contribution in [0.2, 0.25) is 0 Å². The molecule has 0 radical (unpaired) electrons. The van der Waals surface area contributed by atoms with E-state index < -0.39 is 5.85 Å². The van der Waals surface area contributed by atoms with Gasteiger partial charge in [-0.05, 0) is 49.1 Å². The number of halogens is 1. The number of aryl methyl sites for hydroxylation is 1. The van der Waals surface area contributed by atoms with Crippen LogP contribution in [0.3, 0.4) is 0 Å². The average molecular weight is 415 g/mol. The second-order valence-corrected chi connectivity index (χ2v) is 8.47. The molecule has 0 spiro atoms. The van der Waals surface area contributed by atoms with Gasteiger partial charge in [-0.2, -0.15) is 4.39 Å². The highest BCUT2D eigenvalue weighted by molar-refractivity contribution is 5.55. The lowest BCUT2D eigenvalue weighted by Gasteiger charge is -2.22. The maximum atomic E-state index is 14.4. The first-order chi connectivity index (χ1) is 14.5. The average Bonchev–Trinajstić information content (AvgIpc) is 2.75. The van der Waals surface area contributed by atoms with Crippen LogP contribution in [-0.4, -0.2) is 15.8 Å². The first kappa shape index (κ1) is 24.3. The minimum atomic E-state index is -1.63. The van der Waals surface area contributed by atoms with Crippen LogP contribution in [0.15, 0.2) is 36.7 Å². The lowest BCUT2D eigenvalue weighted by atomic mass is 10.1. The quantitative estimate of drug-likeness (QED) is 0.276. The number of rotatable bonds is 15. The SMILES string of the molecule is CCCCCCCCCCc1cnc(-c2ccc(OC(C)(F)CCCC)cc2)nc1. The fourth-order valence-electron chi connectivity index (χ4n) is 3.56. The summed E-state index contributed by atoms with van der Waals surface area (Å²) in [5, 5.41) is 0. The van der Waals surface area contributed by atoms with Crippen molar-refractivity contribution in [1.82, 2.24) is 9.97 Å². The van der Waals surface area contributed by atoms with Gasteiger partial charge in [0.1, 0.15) is 5.75 Å². The van der Waals surface area contributed by atoms with Crippen molar-refractivity contribution in [2.75, 3.05) is 0 Å². The predicted octanol–water partition coefficient (Wildman–Crippen LogP) is 8.08. The fraction of sp³-hybridized carbons (Fsp3) is 0.615. The van der Waals surface area contributed by atoms with Gasteiger partial charge in [0.05, 0.1) is 0 Å². The van der Waals surface area contributed by atoms with Crippen molar-refractivity contribution in [3.05, 3.63) is 42.2 Å². The summed E-state index contributed by atoms with van der Waals surface area (Å²) in [6.07, 6.45) is 17.6. The van der Waals surface area contributed by atoms with Crippen LogP contribution in [0.1, 0.15) is 97.0 Å². The molecule has 3 nitrogen and oxygen atoms in total. The highest BCUT2D eigenvalue weighted by Gasteiger charge is 2.24. The van der Waals surface area contributed by atoms with Gasteiger partial charge < -0.3 is 4.74 Å². The molecular formula is C26H39FN2O. The van der Waals surface area contributed by atoms with Gasteiger partial charge in [-0.25, -0.2) is 9.97 Å². The van der Waals surface area contributed by atoms with Crippen LogP contribution in [0.4, 0.5) is 4.39 Å². The van der Waals surface area contributed by atoms with Gasteiger partial charge in [-0.1, -0.05) is 65.2 Å². The second-order valence-electron chi connectivity index (χ2n) is 8.47. The maximum absolute atomic E-state index is 14.4. The number of aromatic nitrogens is 2.